The molecule has 0 bridgehead atoms. The van der Waals surface area contributed by atoms with Crippen molar-refractivity contribution in [2.24, 2.45) is 0 Å². The molecule has 0 radical (unpaired) electrons. The number of hydrogen-bond donors (Lipinski definition) is 1. The van der Waals surface area contributed by atoms with Crippen LogP contribution < -0.4 is 9.47 Å². The Kier molecular flexibility index (Phi) is 7.41. The van der Waals surface area contributed by atoms with E-state index in [1.807, 2.05) is 25.1 Å². The number of benzene rings is 1. The lowest BCUT2D eigenvalue weighted by atomic mass is 10.2. The van der Waals surface area contributed by atoms with Gasteiger partial charge in [-0.3, -0.25) is 4.79 Å². The second kappa shape index (κ2) is 9.54. The molecule has 0 unspecified atom stereocenters. The molecule has 0 spiro atoms. The Balaban J connectivity index is 2.31. The summed E-state index contributed by atoms with van der Waals surface area (Å²) < 4.78 is 10.6. The van der Waals surface area contributed by atoms with Crippen molar-refractivity contribution in [3.8, 4) is 22.1 Å². The standard InChI is InChI=1S/C19H26N2O4S/c1-5-6-9-21(10-11-22)19(23)17-13(2)20-18(26-17)14-7-8-15(24-3)16(12-14)25-4/h7-8,12,22H,5-6,9-11H2,1-4H3. The van der Waals surface area contributed by atoms with Crippen LogP contribution in [0, 0.1) is 6.92 Å². The van der Waals surface area contributed by atoms with E-state index < -0.39 is 0 Å². The number of rotatable bonds is 9. The lowest BCUT2D eigenvalue weighted by Crippen LogP contribution is -2.34. The fourth-order valence-electron chi connectivity index (χ4n) is 2.62. The zero-order chi connectivity index (χ0) is 19.1. The highest BCUT2D eigenvalue weighted by Gasteiger charge is 2.22. The molecule has 0 aliphatic rings. The molecule has 0 fully saturated rings. The Hall–Kier alpha value is -2.12. The first kappa shape index (κ1) is 20.2. The molecule has 0 saturated carbocycles. The van der Waals surface area contributed by atoms with E-state index in [0.29, 0.717) is 35.2 Å². The summed E-state index contributed by atoms with van der Waals surface area (Å²) >= 11 is 1.36. The van der Waals surface area contributed by atoms with Crippen LogP contribution in [0.1, 0.15) is 35.1 Å². The van der Waals surface area contributed by atoms with Crippen molar-refractivity contribution < 1.29 is 19.4 Å². The highest BCUT2D eigenvalue weighted by molar-refractivity contribution is 7.17. The van der Waals surface area contributed by atoms with Gasteiger partial charge in [-0.25, -0.2) is 4.98 Å². The molecule has 0 aliphatic carbocycles. The van der Waals surface area contributed by atoms with Gasteiger partial charge >= 0.3 is 0 Å². The van der Waals surface area contributed by atoms with Crippen LogP contribution >= 0.6 is 11.3 Å². The second-order valence-electron chi connectivity index (χ2n) is 5.87. The van der Waals surface area contributed by atoms with Crippen LogP contribution in [0.2, 0.25) is 0 Å². The van der Waals surface area contributed by atoms with Gasteiger partial charge < -0.3 is 19.5 Å². The van der Waals surface area contributed by atoms with Crippen LogP contribution in [-0.2, 0) is 0 Å². The fourth-order valence-corrected chi connectivity index (χ4v) is 3.65. The third-order valence-electron chi connectivity index (χ3n) is 4.06. The molecule has 1 aromatic carbocycles. The van der Waals surface area contributed by atoms with Gasteiger partial charge in [-0.15, -0.1) is 11.3 Å². The van der Waals surface area contributed by atoms with Gasteiger partial charge in [0.1, 0.15) is 9.88 Å². The van der Waals surface area contributed by atoms with Crippen LogP contribution in [0.25, 0.3) is 10.6 Å². The smallest absolute Gasteiger partial charge is 0.265 e. The molecule has 7 heteroatoms. The average Bonchev–Trinajstić information content (AvgIpc) is 3.05. The number of unbranched alkanes of at least 4 members (excludes halogenated alkanes) is 1. The van der Waals surface area contributed by atoms with Gasteiger partial charge in [0, 0.05) is 18.7 Å². The average molecular weight is 378 g/mol. The summed E-state index contributed by atoms with van der Waals surface area (Å²) in [5.41, 5.74) is 1.57. The first-order valence-corrected chi connectivity index (χ1v) is 9.47. The van der Waals surface area contributed by atoms with E-state index in [1.54, 1.807) is 19.1 Å². The maximum Gasteiger partial charge on any atom is 0.265 e. The zero-order valence-electron chi connectivity index (χ0n) is 15.7. The van der Waals surface area contributed by atoms with Crippen LogP contribution in [0.4, 0.5) is 0 Å². The summed E-state index contributed by atoms with van der Waals surface area (Å²) in [7, 11) is 3.18. The molecule has 0 saturated heterocycles. The third-order valence-corrected chi connectivity index (χ3v) is 5.25. The van der Waals surface area contributed by atoms with Crippen molar-refractivity contribution in [3.63, 3.8) is 0 Å². The van der Waals surface area contributed by atoms with Crippen LogP contribution in [0.5, 0.6) is 11.5 Å². The van der Waals surface area contributed by atoms with Crippen LogP contribution in [-0.4, -0.2) is 54.8 Å². The highest BCUT2D eigenvalue weighted by Crippen LogP contribution is 2.35. The minimum Gasteiger partial charge on any atom is -0.493 e. The fraction of sp³-hybridized carbons (Fsp3) is 0.474. The number of hydrogen-bond acceptors (Lipinski definition) is 6. The van der Waals surface area contributed by atoms with Crippen molar-refractivity contribution in [2.75, 3.05) is 33.9 Å². The van der Waals surface area contributed by atoms with E-state index in [-0.39, 0.29) is 12.5 Å². The largest absolute Gasteiger partial charge is 0.493 e. The normalized spacial score (nSPS) is 10.7. The number of ether oxygens (including phenoxy) is 2. The number of aromatic nitrogens is 1. The number of nitrogens with zero attached hydrogens (tertiary/aromatic N) is 2. The van der Waals surface area contributed by atoms with E-state index in [4.69, 9.17) is 9.47 Å². The Morgan fingerprint density at radius 2 is 1.96 bits per heavy atom. The minimum absolute atomic E-state index is 0.0458. The molecule has 0 aliphatic heterocycles. The topological polar surface area (TPSA) is 71.9 Å². The summed E-state index contributed by atoms with van der Waals surface area (Å²) in [5, 5.41) is 10.0. The zero-order valence-corrected chi connectivity index (χ0v) is 16.6. The van der Waals surface area contributed by atoms with Crippen LogP contribution in [0.15, 0.2) is 18.2 Å². The van der Waals surface area contributed by atoms with Crippen molar-refractivity contribution in [1.29, 1.82) is 0 Å². The van der Waals surface area contributed by atoms with Gasteiger partial charge in [-0.2, -0.15) is 0 Å². The molecule has 142 valence electrons. The molecular formula is C19H26N2O4S. The van der Waals surface area contributed by atoms with Gasteiger partial charge in [-0.1, -0.05) is 13.3 Å². The molecule has 2 aromatic rings. The predicted molar refractivity (Wildman–Crippen MR) is 103 cm³/mol. The summed E-state index contributed by atoms with van der Waals surface area (Å²) in [5.74, 6) is 1.19. The maximum atomic E-state index is 12.9. The molecule has 2 rings (SSSR count). The van der Waals surface area contributed by atoms with Crippen LogP contribution in [0.3, 0.4) is 0 Å². The number of carbonyl (C=O) groups is 1. The molecule has 1 amide bonds. The van der Waals surface area contributed by atoms with E-state index >= 15 is 0 Å². The van der Waals surface area contributed by atoms with E-state index in [1.165, 1.54) is 11.3 Å². The Morgan fingerprint density at radius 1 is 1.23 bits per heavy atom. The second-order valence-corrected chi connectivity index (χ2v) is 6.87. The van der Waals surface area contributed by atoms with E-state index in [9.17, 15) is 9.90 Å². The Morgan fingerprint density at radius 3 is 2.58 bits per heavy atom. The lowest BCUT2D eigenvalue weighted by molar-refractivity contribution is 0.0723. The predicted octanol–water partition coefficient (Wildman–Crippen LogP) is 3.37. The van der Waals surface area contributed by atoms with Crippen molar-refractivity contribution in [2.45, 2.75) is 26.7 Å². The van der Waals surface area contributed by atoms with Gasteiger partial charge in [0.15, 0.2) is 11.5 Å². The number of aryl methyl sites for hydroxylation is 1. The maximum absolute atomic E-state index is 12.9. The Bertz CT molecular complexity index is 745. The van der Waals surface area contributed by atoms with Gasteiger partial charge in [0.05, 0.1) is 26.5 Å². The molecule has 6 nitrogen and oxygen atoms in total. The first-order chi connectivity index (χ1) is 12.5. The van der Waals surface area contributed by atoms with Crippen molar-refractivity contribution in [3.05, 3.63) is 28.8 Å². The SMILES string of the molecule is CCCCN(CCO)C(=O)c1sc(-c2ccc(OC)c(OC)c2)nc1C. The monoisotopic (exact) mass is 378 g/mol. The molecule has 0 atom stereocenters. The third kappa shape index (κ3) is 4.53. The molecular weight excluding hydrogens is 352 g/mol. The Labute approximate surface area is 158 Å². The van der Waals surface area contributed by atoms with E-state index in [0.717, 1.165) is 23.4 Å². The number of aliphatic hydroxyl groups excluding tert-OH is 1. The summed E-state index contributed by atoms with van der Waals surface area (Å²) in [4.78, 5) is 19.7. The quantitative estimate of drug-likeness (QED) is 0.724. The number of carbonyl (C=O) groups excluding carboxylic acids is 1. The summed E-state index contributed by atoms with van der Waals surface area (Å²) in [6, 6.07) is 5.58. The molecule has 26 heavy (non-hydrogen) atoms. The van der Waals surface area contributed by atoms with Gasteiger partial charge in [0.25, 0.3) is 5.91 Å². The molecule has 1 heterocycles. The van der Waals surface area contributed by atoms with Crippen molar-refractivity contribution >= 4 is 17.2 Å². The lowest BCUT2D eigenvalue weighted by Gasteiger charge is -2.20. The van der Waals surface area contributed by atoms with Crippen molar-refractivity contribution in [1.82, 2.24) is 9.88 Å². The van der Waals surface area contributed by atoms with Gasteiger partial charge in [0.2, 0.25) is 0 Å². The summed E-state index contributed by atoms with van der Waals surface area (Å²) in [6.07, 6.45) is 1.90. The minimum atomic E-state index is -0.0748. The number of aliphatic hydroxyl groups is 1. The number of amides is 1. The molecule has 1 aromatic heterocycles. The highest BCUT2D eigenvalue weighted by atomic mass is 32.1. The van der Waals surface area contributed by atoms with E-state index in [2.05, 4.69) is 11.9 Å². The summed E-state index contributed by atoms with van der Waals surface area (Å²) in [6.45, 7) is 4.84. The number of methoxy groups -OCH3 is 2. The van der Waals surface area contributed by atoms with Gasteiger partial charge in [-0.05, 0) is 31.5 Å². The first-order valence-electron chi connectivity index (χ1n) is 8.65. The molecule has 1 N–H and O–H groups in total. The number of thiazole rings is 1.